The van der Waals surface area contributed by atoms with Gasteiger partial charge in [-0.3, -0.25) is 0 Å². The predicted molar refractivity (Wildman–Crippen MR) is 87.6 cm³/mol. The van der Waals surface area contributed by atoms with Gasteiger partial charge in [-0.15, -0.1) is 6.42 Å². The minimum Gasteiger partial charge on any atom is -0.468 e. The molecule has 0 N–H and O–H groups in total. The van der Waals surface area contributed by atoms with Crippen molar-refractivity contribution >= 4 is 10.8 Å². The summed E-state index contributed by atoms with van der Waals surface area (Å²) in [6, 6.07) is 6.91. The number of benzene rings is 2. The molecule has 0 aliphatic rings. The molecule has 3 heteroatoms. The van der Waals surface area contributed by atoms with Crippen molar-refractivity contribution in [3.05, 3.63) is 41.2 Å². The molecule has 2 nitrogen and oxygen atoms in total. The third kappa shape index (κ3) is 3.40. The molecule has 2 aromatic carbocycles. The number of rotatable bonds is 5. The number of ether oxygens (including phenoxy) is 2. The molecule has 2 aromatic rings. The summed E-state index contributed by atoms with van der Waals surface area (Å²) in [4.78, 5) is 0. The molecule has 116 valence electrons. The van der Waals surface area contributed by atoms with Crippen molar-refractivity contribution < 1.29 is 13.9 Å². The van der Waals surface area contributed by atoms with Gasteiger partial charge in [0.05, 0.1) is 11.7 Å². The van der Waals surface area contributed by atoms with E-state index in [0.29, 0.717) is 11.3 Å². The van der Waals surface area contributed by atoms with Crippen LogP contribution in [0.2, 0.25) is 0 Å². The van der Waals surface area contributed by atoms with Crippen molar-refractivity contribution in [1.82, 2.24) is 0 Å². The molecule has 0 saturated carbocycles. The Hall–Kier alpha value is -2.05. The third-order valence-electron chi connectivity index (χ3n) is 3.46. The summed E-state index contributed by atoms with van der Waals surface area (Å²) in [5.41, 5.74) is 1.29. The van der Waals surface area contributed by atoms with Crippen LogP contribution in [0.15, 0.2) is 24.3 Å². The van der Waals surface area contributed by atoms with Gasteiger partial charge < -0.3 is 9.47 Å². The maximum Gasteiger partial charge on any atom is 0.189 e. The van der Waals surface area contributed by atoms with Gasteiger partial charge >= 0.3 is 0 Å². The second-order valence-corrected chi connectivity index (χ2v) is 5.81. The van der Waals surface area contributed by atoms with Crippen LogP contribution in [0, 0.1) is 18.2 Å². The number of halogens is 1. The van der Waals surface area contributed by atoms with Crippen molar-refractivity contribution in [2.75, 3.05) is 6.79 Å². The highest BCUT2D eigenvalue weighted by Gasteiger charge is 2.14. The molecule has 0 heterocycles. The second kappa shape index (κ2) is 6.81. The molecule has 0 amide bonds. The van der Waals surface area contributed by atoms with E-state index in [1.807, 2.05) is 39.8 Å². The Labute approximate surface area is 131 Å². The molecule has 0 unspecified atom stereocenters. The lowest BCUT2D eigenvalue weighted by Crippen LogP contribution is -2.09. The fourth-order valence-electron chi connectivity index (χ4n) is 2.36. The van der Waals surface area contributed by atoms with Crippen LogP contribution >= 0.6 is 0 Å². The largest absolute Gasteiger partial charge is 0.468 e. The summed E-state index contributed by atoms with van der Waals surface area (Å²) in [5.74, 6) is 3.00. The highest BCUT2D eigenvalue weighted by molar-refractivity contribution is 5.93. The lowest BCUT2D eigenvalue weighted by Gasteiger charge is -2.16. The van der Waals surface area contributed by atoms with Gasteiger partial charge in [-0.2, -0.15) is 0 Å². The first-order valence-electron chi connectivity index (χ1n) is 7.41. The van der Waals surface area contributed by atoms with Crippen LogP contribution in [0.25, 0.3) is 10.8 Å². The Balaban J connectivity index is 2.52. The molecule has 0 fully saturated rings. The summed E-state index contributed by atoms with van der Waals surface area (Å²) in [6.45, 7) is 8.18. The van der Waals surface area contributed by atoms with E-state index < -0.39 is 0 Å². The maximum atomic E-state index is 14.0. The Kier molecular flexibility index (Phi) is 5.05. The Morgan fingerprint density at radius 3 is 2.50 bits per heavy atom. The summed E-state index contributed by atoms with van der Waals surface area (Å²) < 4.78 is 25.0. The zero-order valence-electron chi connectivity index (χ0n) is 13.4. The van der Waals surface area contributed by atoms with Gasteiger partial charge in [0.1, 0.15) is 11.6 Å². The standard InChI is InChI=1S/C19H21FO2/c1-6-16-18(20)8-7-14-9-15(22-11-21-13(4)5)10-17(12(2)3)19(14)16/h1,7-10,12-13H,11H2,2-5H3. The Morgan fingerprint density at radius 1 is 1.18 bits per heavy atom. The average molecular weight is 300 g/mol. The van der Waals surface area contributed by atoms with Gasteiger partial charge in [0.15, 0.2) is 6.79 Å². The first-order chi connectivity index (χ1) is 10.4. The van der Waals surface area contributed by atoms with E-state index in [9.17, 15) is 4.39 Å². The van der Waals surface area contributed by atoms with E-state index in [1.165, 1.54) is 6.07 Å². The van der Waals surface area contributed by atoms with Crippen molar-refractivity contribution in [1.29, 1.82) is 0 Å². The average Bonchev–Trinajstić information content (AvgIpc) is 2.46. The summed E-state index contributed by atoms with van der Waals surface area (Å²) in [7, 11) is 0. The minimum absolute atomic E-state index is 0.104. The molecule has 0 saturated heterocycles. The number of hydrogen-bond acceptors (Lipinski definition) is 2. The van der Waals surface area contributed by atoms with Crippen LogP contribution in [0.5, 0.6) is 5.75 Å². The smallest absolute Gasteiger partial charge is 0.189 e. The fourth-order valence-corrected chi connectivity index (χ4v) is 2.36. The monoisotopic (exact) mass is 300 g/mol. The normalized spacial score (nSPS) is 11.2. The fraction of sp³-hybridized carbons (Fsp3) is 0.368. The molecule has 0 atom stereocenters. The molecule has 0 radical (unpaired) electrons. The van der Waals surface area contributed by atoms with Crippen molar-refractivity contribution in [3.63, 3.8) is 0 Å². The van der Waals surface area contributed by atoms with Crippen LogP contribution in [0.3, 0.4) is 0 Å². The Morgan fingerprint density at radius 2 is 1.91 bits per heavy atom. The van der Waals surface area contributed by atoms with Crippen molar-refractivity contribution in [2.45, 2.75) is 39.7 Å². The first-order valence-corrected chi connectivity index (χ1v) is 7.41. The van der Waals surface area contributed by atoms with Crippen LogP contribution in [0.1, 0.15) is 44.7 Å². The molecule has 0 aromatic heterocycles. The first kappa shape index (κ1) is 16.3. The van der Waals surface area contributed by atoms with Gasteiger partial charge in [0, 0.05) is 5.39 Å². The maximum absolute atomic E-state index is 14.0. The SMILES string of the molecule is C#Cc1c(F)ccc2cc(OCOC(C)C)cc(C(C)C)c12. The zero-order chi connectivity index (χ0) is 16.3. The van der Waals surface area contributed by atoms with Crippen LogP contribution in [0.4, 0.5) is 4.39 Å². The summed E-state index contributed by atoms with van der Waals surface area (Å²) >= 11 is 0. The molecule has 2 rings (SSSR count). The second-order valence-electron chi connectivity index (χ2n) is 5.81. The minimum atomic E-state index is -0.367. The lowest BCUT2D eigenvalue weighted by molar-refractivity contribution is -0.0199. The van der Waals surface area contributed by atoms with Gasteiger partial charge in [0.2, 0.25) is 0 Å². The quantitative estimate of drug-likeness (QED) is 0.581. The van der Waals surface area contributed by atoms with E-state index in [0.717, 1.165) is 16.3 Å². The number of fused-ring (bicyclic) bond motifs is 1. The van der Waals surface area contributed by atoms with Gasteiger partial charge in [-0.25, -0.2) is 4.39 Å². The van der Waals surface area contributed by atoms with Gasteiger partial charge in [-0.05, 0) is 48.9 Å². The predicted octanol–water partition coefficient (Wildman–Crippen LogP) is 4.84. The van der Waals surface area contributed by atoms with Gasteiger partial charge in [-0.1, -0.05) is 25.8 Å². The van der Waals surface area contributed by atoms with Crippen LogP contribution in [-0.4, -0.2) is 12.9 Å². The summed E-state index contributed by atoms with van der Waals surface area (Å²) in [6.07, 6.45) is 5.60. The summed E-state index contributed by atoms with van der Waals surface area (Å²) in [5, 5.41) is 1.66. The molecular formula is C19H21FO2. The highest BCUT2D eigenvalue weighted by atomic mass is 19.1. The Bertz CT molecular complexity index is 711. The zero-order valence-corrected chi connectivity index (χ0v) is 13.4. The van der Waals surface area contributed by atoms with Crippen molar-refractivity contribution in [2.24, 2.45) is 0 Å². The highest BCUT2D eigenvalue weighted by Crippen LogP contribution is 2.33. The van der Waals surface area contributed by atoms with Crippen LogP contribution < -0.4 is 4.74 Å². The number of terminal acetylenes is 1. The van der Waals surface area contributed by atoms with E-state index in [4.69, 9.17) is 15.9 Å². The van der Waals surface area contributed by atoms with E-state index in [1.54, 1.807) is 6.07 Å². The topological polar surface area (TPSA) is 18.5 Å². The molecule has 0 aliphatic carbocycles. The molecule has 0 aliphatic heterocycles. The molecule has 0 spiro atoms. The number of hydrogen-bond donors (Lipinski definition) is 0. The van der Waals surface area contributed by atoms with Crippen molar-refractivity contribution in [3.8, 4) is 18.1 Å². The third-order valence-corrected chi connectivity index (χ3v) is 3.46. The van der Waals surface area contributed by atoms with E-state index in [-0.39, 0.29) is 24.6 Å². The lowest BCUT2D eigenvalue weighted by atomic mass is 9.92. The van der Waals surface area contributed by atoms with Crippen LogP contribution in [-0.2, 0) is 4.74 Å². The van der Waals surface area contributed by atoms with E-state index in [2.05, 4.69) is 5.92 Å². The molecule has 22 heavy (non-hydrogen) atoms. The molecule has 0 bridgehead atoms. The molecular weight excluding hydrogens is 279 g/mol. The van der Waals surface area contributed by atoms with E-state index >= 15 is 0 Å². The van der Waals surface area contributed by atoms with Gasteiger partial charge in [0.25, 0.3) is 0 Å².